The Balaban J connectivity index is 1.96. The Bertz CT molecular complexity index is 601. The summed E-state index contributed by atoms with van der Waals surface area (Å²) in [6.45, 7) is 1.70. The smallest absolute Gasteiger partial charge is 0.265 e. The maximum Gasteiger partial charge on any atom is 0.265 e. The number of ether oxygens (including phenoxy) is 1. The monoisotopic (exact) mass is 401 g/mol. The molecule has 1 N–H and O–H groups in total. The van der Waals surface area contributed by atoms with Gasteiger partial charge >= 0.3 is 0 Å². The SMILES string of the molecule is C[C@@H](Oc1cccc(Cl)c1)C(=O)Nc1ccc(I)cc1. The topological polar surface area (TPSA) is 38.3 Å². The van der Waals surface area contributed by atoms with E-state index in [1.807, 2.05) is 24.3 Å². The molecule has 1 atom stereocenters. The van der Waals surface area contributed by atoms with Crippen LogP contribution in [0.15, 0.2) is 48.5 Å². The number of carbonyl (C=O) groups excluding carboxylic acids is 1. The second kappa shape index (κ2) is 6.95. The van der Waals surface area contributed by atoms with Crippen LogP contribution in [0.3, 0.4) is 0 Å². The summed E-state index contributed by atoms with van der Waals surface area (Å²) in [4.78, 5) is 12.0. The third-order valence-corrected chi connectivity index (χ3v) is 3.54. The first kappa shape index (κ1) is 15.1. The van der Waals surface area contributed by atoms with Crippen molar-refractivity contribution in [3.05, 3.63) is 57.1 Å². The average Bonchev–Trinajstić information content (AvgIpc) is 2.41. The number of nitrogens with one attached hydrogen (secondary N) is 1. The highest BCUT2D eigenvalue weighted by molar-refractivity contribution is 14.1. The van der Waals surface area contributed by atoms with Crippen LogP contribution < -0.4 is 10.1 Å². The standard InChI is InChI=1S/C15H13ClINO2/c1-10(20-14-4-2-3-11(16)9-14)15(19)18-13-7-5-12(17)6-8-13/h2-10H,1H3,(H,18,19)/t10-/m1/s1. The van der Waals surface area contributed by atoms with Crippen LogP contribution in [-0.2, 0) is 4.79 Å². The molecule has 0 aliphatic carbocycles. The minimum absolute atomic E-state index is 0.203. The molecule has 0 saturated carbocycles. The predicted molar refractivity (Wildman–Crippen MR) is 89.3 cm³/mol. The molecule has 0 spiro atoms. The maximum atomic E-state index is 12.0. The Labute approximate surface area is 136 Å². The molecule has 0 aliphatic rings. The summed E-state index contributed by atoms with van der Waals surface area (Å²) in [7, 11) is 0. The van der Waals surface area contributed by atoms with Crippen LogP contribution in [0.5, 0.6) is 5.75 Å². The lowest BCUT2D eigenvalue weighted by molar-refractivity contribution is -0.122. The molecule has 0 fully saturated rings. The van der Waals surface area contributed by atoms with Crippen molar-refractivity contribution < 1.29 is 9.53 Å². The molecule has 2 rings (SSSR count). The van der Waals surface area contributed by atoms with Gasteiger partial charge in [0, 0.05) is 14.3 Å². The molecule has 0 bridgehead atoms. The Kier molecular flexibility index (Phi) is 5.25. The van der Waals surface area contributed by atoms with E-state index < -0.39 is 6.10 Å². The Morgan fingerprint density at radius 2 is 1.95 bits per heavy atom. The van der Waals surface area contributed by atoms with Crippen molar-refractivity contribution in [1.82, 2.24) is 0 Å². The molecule has 0 radical (unpaired) electrons. The summed E-state index contributed by atoms with van der Waals surface area (Å²) in [5.41, 5.74) is 0.747. The Morgan fingerprint density at radius 1 is 1.25 bits per heavy atom. The molecule has 0 aliphatic heterocycles. The number of amides is 1. The molecule has 0 saturated heterocycles. The molecule has 104 valence electrons. The van der Waals surface area contributed by atoms with Crippen LogP contribution in [0.4, 0.5) is 5.69 Å². The van der Waals surface area contributed by atoms with Gasteiger partial charge in [0.15, 0.2) is 6.10 Å². The van der Waals surface area contributed by atoms with E-state index in [0.29, 0.717) is 10.8 Å². The number of carbonyl (C=O) groups is 1. The van der Waals surface area contributed by atoms with Crippen LogP contribution >= 0.6 is 34.2 Å². The summed E-state index contributed by atoms with van der Waals surface area (Å²) >= 11 is 8.08. The second-order valence-corrected chi connectivity index (χ2v) is 5.90. The fraction of sp³-hybridized carbons (Fsp3) is 0.133. The highest BCUT2D eigenvalue weighted by Gasteiger charge is 2.14. The van der Waals surface area contributed by atoms with E-state index in [9.17, 15) is 4.79 Å². The van der Waals surface area contributed by atoms with Gasteiger partial charge in [0.05, 0.1) is 0 Å². The highest BCUT2D eigenvalue weighted by Crippen LogP contribution is 2.19. The van der Waals surface area contributed by atoms with Gasteiger partial charge in [-0.05, 0) is 72.0 Å². The molecule has 1 amide bonds. The molecule has 2 aromatic carbocycles. The molecule has 0 heterocycles. The number of rotatable bonds is 4. The summed E-state index contributed by atoms with van der Waals surface area (Å²) in [5, 5.41) is 3.38. The summed E-state index contributed by atoms with van der Waals surface area (Å²) < 4.78 is 6.67. The zero-order valence-corrected chi connectivity index (χ0v) is 13.7. The average molecular weight is 402 g/mol. The van der Waals surface area contributed by atoms with Gasteiger partial charge in [-0.15, -0.1) is 0 Å². The summed E-state index contributed by atoms with van der Waals surface area (Å²) in [6.07, 6.45) is -0.604. The van der Waals surface area contributed by atoms with Crippen LogP contribution in [0.25, 0.3) is 0 Å². The molecule has 5 heteroatoms. The zero-order valence-electron chi connectivity index (χ0n) is 10.8. The summed E-state index contributed by atoms with van der Waals surface area (Å²) in [6, 6.07) is 14.5. The number of benzene rings is 2. The number of halogens is 2. The molecular formula is C15H13ClINO2. The van der Waals surface area contributed by atoms with Crippen LogP contribution in [0.1, 0.15) is 6.92 Å². The second-order valence-electron chi connectivity index (χ2n) is 4.21. The first-order chi connectivity index (χ1) is 9.54. The number of hydrogen-bond acceptors (Lipinski definition) is 2. The lowest BCUT2D eigenvalue weighted by Gasteiger charge is -2.15. The maximum absolute atomic E-state index is 12.0. The van der Waals surface area contributed by atoms with Crippen LogP contribution in [-0.4, -0.2) is 12.0 Å². The third kappa shape index (κ3) is 4.38. The van der Waals surface area contributed by atoms with Crippen molar-refractivity contribution in [1.29, 1.82) is 0 Å². The van der Waals surface area contributed by atoms with Gasteiger partial charge < -0.3 is 10.1 Å². The van der Waals surface area contributed by atoms with E-state index in [1.54, 1.807) is 31.2 Å². The first-order valence-corrected chi connectivity index (χ1v) is 7.49. The minimum Gasteiger partial charge on any atom is -0.481 e. The van der Waals surface area contributed by atoms with E-state index in [0.717, 1.165) is 9.26 Å². The molecule has 20 heavy (non-hydrogen) atoms. The van der Waals surface area contributed by atoms with Gasteiger partial charge in [0.2, 0.25) is 0 Å². The van der Waals surface area contributed by atoms with Gasteiger partial charge in [-0.2, -0.15) is 0 Å². The van der Waals surface area contributed by atoms with Gasteiger partial charge in [0.25, 0.3) is 5.91 Å². The van der Waals surface area contributed by atoms with Gasteiger partial charge in [0.1, 0.15) is 5.75 Å². The molecular weight excluding hydrogens is 389 g/mol. The van der Waals surface area contributed by atoms with Crippen molar-refractivity contribution in [2.24, 2.45) is 0 Å². The fourth-order valence-corrected chi connectivity index (χ4v) is 2.11. The minimum atomic E-state index is -0.604. The molecule has 2 aromatic rings. The number of anilines is 1. The van der Waals surface area contributed by atoms with Crippen molar-refractivity contribution in [3.8, 4) is 5.75 Å². The van der Waals surface area contributed by atoms with Crippen molar-refractivity contribution in [2.45, 2.75) is 13.0 Å². The van der Waals surface area contributed by atoms with Crippen molar-refractivity contribution in [3.63, 3.8) is 0 Å². The van der Waals surface area contributed by atoms with Crippen molar-refractivity contribution >= 4 is 45.8 Å². The van der Waals surface area contributed by atoms with E-state index in [1.165, 1.54) is 0 Å². The Morgan fingerprint density at radius 3 is 2.60 bits per heavy atom. The molecule has 0 unspecified atom stereocenters. The first-order valence-electron chi connectivity index (χ1n) is 6.03. The van der Waals surface area contributed by atoms with E-state index >= 15 is 0 Å². The van der Waals surface area contributed by atoms with Crippen LogP contribution in [0.2, 0.25) is 5.02 Å². The van der Waals surface area contributed by atoms with Gasteiger partial charge in [-0.3, -0.25) is 4.79 Å². The zero-order chi connectivity index (χ0) is 14.5. The van der Waals surface area contributed by atoms with Gasteiger partial charge in [-0.25, -0.2) is 0 Å². The lowest BCUT2D eigenvalue weighted by Crippen LogP contribution is -2.30. The molecule has 0 aromatic heterocycles. The third-order valence-electron chi connectivity index (χ3n) is 2.59. The largest absolute Gasteiger partial charge is 0.481 e. The van der Waals surface area contributed by atoms with E-state index in [2.05, 4.69) is 27.9 Å². The quantitative estimate of drug-likeness (QED) is 0.774. The van der Waals surface area contributed by atoms with Gasteiger partial charge in [-0.1, -0.05) is 17.7 Å². The predicted octanol–water partition coefficient (Wildman–Crippen LogP) is 4.35. The fourth-order valence-electron chi connectivity index (χ4n) is 1.58. The van der Waals surface area contributed by atoms with Crippen molar-refractivity contribution in [2.75, 3.05) is 5.32 Å². The van der Waals surface area contributed by atoms with E-state index in [4.69, 9.17) is 16.3 Å². The van der Waals surface area contributed by atoms with Crippen LogP contribution in [0, 0.1) is 3.57 Å². The summed E-state index contributed by atoms with van der Waals surface area (Å²) in [5.74, 6) is 0.369. The Hall–Kier alpha value is -1.27. The normalized spacial score (nSPS) is 11.8. The highest BCUT2D eigenvalue weighted by atomic mass is 127. The van der Waals surface area contributed by atoms with E-state index in [-0.39, 0.29) is 5.91 Å². The molecule has 3 nitrogen and oxygen atoms in total. The lowest BCUT2D eigenvalue weighted by atomic mass is 10.3. The number of hydrogen-bond donors (Lipinski definition) is 1.